The number of nitrogens with zero attached hydrogens (tertiary/aromatic N) is 1. The van der Waals surface area contributed by atoms with Gasteiger partial charge in [0.15, 0.2) is 0 Å². The summed E-state index contributed by atoms with van der Waals surface area (Å²) in [4.78, 5) is 5.07. The number of aromatic nitrogens is 1. The molecule has 5 heteroatoms. The van der Waals surface area contributed by atoms with Crippen molar-refractivity contribution in [2.45, 2.75) is 135 Å². The van der Waals surface area contributed by atoms with Gasteiger partial charge in [0.1, 0.15) is 0 Å². The first-order valence-electron chi connectivity index (χ1n) is 14.3. The predicted molar refractivity (Wildman–Crippen MR) is 160 cm³/mol. The van der Waals surface area contributed by atoms with Crippen LogP contribution in [0.1, 0.15) is 128 Å². The first kappa shape index (κ1) is 31.0. The normalized spacial score (nSPS) is 17.8. The van der Waals surface area contributed by atoms with Crippen molar-refractivity contribution in [1.82, 2.24) is 4.98 Å². The molecular weight excluding hydrogens is 460 g/mol. The molecule has 2 unspecified atom stereocenters. The molecule has 6 N–H and O–H groups in total. The van der Waals surface area contributed by atoms with Gasteiger partial charge in [0.25, 0.3) is 0 Å². The Morgan fingerprint density at radius 2 is 1.47 bits per heavy atom. The topological polar surface area (TPSA) is 90.9 Å². The molecule has 1 heterocycles. The molecule has 0 spiro atoms. The van der Waals surface area contributed by atoms with Gasteiger partial charge in [-0.15, -0.1) is 11.3 Å². The highest BCUT2D eigenvalue weighted by Gasteiger charge is 2.37. The Bertz CT molecular complexity index is 911. The number of hydrogen-bond donors (Lipinski definition) is 3. The molecule has 1 aliphatic rings. The molecule has 204 valence electrons. The third-order valence-corrected chi connectivity index (χ3v) is 9.01. The van der Waals surface area contributed by atoms with E-state index in [2.05, 4.69) is 72.0 Å². The van der Waals surface area contributed by atoms with Crippen LogP contribution in [0.15, 0.2) is 23.6 Å². The SMILES string of the molecule is CCCC(CCC)c1nc(-c2ccc3c(c2)C(C)(C)CCC3(C)C)cs1.CCCCC(N)C(N)CN. The summed E-state index contributed by atoms with van der Waals surface area (Å²) >= 11 is 1.86. The van der Waals surface area contributed by atoms with Crippen molar-refractivity contribution in [2.75, 3.05) is 6.54 Å². The van der Waals surface area contributed by atoms with Gasteiger partial charge in [-0.1, -0.05) is 86.3 Å². The van der Waals surface area contributed by atoms with E-state index >= 15 is 0 Å². The molecule has 36 heavy (non-hydrogen) atoms. The Labute approximate surface area is 225 Å². The van der Waals surface area contributed by atoms with Crippen molar-refractivity contribution < 1.29 is 0 Å². The van der Waals surface area contributed by atoms with Crippen LogP contribution in [0.25, 0.3) is 11.3 Å². The van der Waals surface area contributed by atoms with E-state index in [1.54, 1.807) is 0 Å². The minimum atomic E-state index is -0.0217. The summed E-state index contributed by atoms with van der Waals surface area (Å²) in [5.74, 6) is 0.636. The van der Waals surface area contributed by atoms with E-state index < -0.39 is 0 Å². The van der Waals surface area contributed by atoms with Crippen molar-refractivity contribution in [3.63, 3.8) is 0 Å². The van der Waals surface area contributed by atoms with Crippen molar-refractivity contribution in [3.05, 3.63) is 39.7 Å². The minimum absolute atomic E-state index is 0.0217. The quantitative estimate of drug-likeness (QED) is 0.287. The van der Waals surface area contributed by atoms with Gasteiger partial charge in [-0.2, -0.15) is 0 Å². The Morgan fingerprint density at radius 3 is 2.03 bits per heavy atom. The average molecular weight is 515 g/mol. The van der Waals surface area contributed by atoms with Gasteiger partial charge in [-0.3, -0.25) is 0 Å². The summed E-state index contributed by atoms with van der Waals surface area (Å²) in [5.41, 5.74) is 22.7. The molecule has 1 aromatic carbocycles. The van der Waals surface area contributed by atoms with Crippen LogP contribution in [0, 0.1) is 0 Å². The predicted octanol–water partition coefficient (Wildman–Crippen LogP) is 7.63. The Balaban J connectivity index is 0.000000388. The number of rotatable bonds is 11. The molecule has 4 nitrogen and oxygen atoms in total. The first-order chi connectivity index (χ1) is 17.0. The molecule has 0 amide bonds. The molecule has 1 aromatic heterocycles. The smallest absolute Gasteiger partial charge is 0.0963 e. The summed E-state index contributed by atoms with van der Waals surface area (Å²) in [5, 5.41) is 3.61. The number of hydrogen-bond acceptors (Lipinski definition) is 5. The first-order valence-corrected chi connectivity index (χ1v) is 15.2. The standard InChI is InChI=1S/C24H35NS.C7H19N3/c1-7-9-17(10-8-2)22-25-21(16-26-22)18-11-12-19-20(15-18)24(5,6)14-13-23(19,3)4;1-2-3-4-6(9)7(10)5-8/h11-12,15-17H,7-10,13-14H2,1-6H3;6-7H,2-5,8-10H2,1H3. The van der Waals surface area contributed by atoms with Crippen LogP contribution in [-0.2, 0) is 10.8 Å². The number of unbranched alkanes of at least 4 members (excludes halogenated alkanes) is 1. The monoisotopic (exact) mass is 514 g/mol. The number of nitrogens with two attached hydrogens (primary N) is 3. The van der Waals surface area contributed by atoms with Gasteiger partial charge in [0.05, 0.1) is 10.7 Å². The minimum Gasteiger partial charge on any atom is -0.329 e. The highest BCUT2D eigenvalue weighted by Crippen LogP contribution is 2.47. The maximum absolute atomic E-state index is 5.71. The van der Waals surface area contributed by atoms with Crippen LogP contribution in [0.4, 0.5) is 0 Å². The van der Waals surface area contributed by atoms with E-state index in [9.17, 15) is 0 Å². The third kappa shape index (κ3) is 8.11. The number of benzene rings is 1. The largest absolute Gasteiger partial charge is 0.329 e. The maximum Gasteiger partial charge on any atom is 0.0963 e. The molecule has 2 aromatic rings. The van der Waals surface area contributed by atoms with Gasteiger partial charge < -0.3 is 17.2 Å². The second kappa shape index (κ2) is 14.0. The third-order valence-electron chi connectivity index (χ3n) is 8.01. The second-order valence-corrected chi connectivity index (χ2v) is 13.0. The summed E-state index contributed by atoms with van der Waals surface area (Å²) in [6.45, 7) is 16.8. The van der Waals surface area contributed by atoms with E-state index in [1.165, 1.54) is 72.3 Å². The molecule has 1 aliphatic carbocycles. The molecule has 0 saturated heterocycles. The van der Waals surface area contributed by atoms with Gasteiger partial charge in [0, 0.05) is 35.5 Å². The Hall–Kier alpha value is -1.27. The summed E-state index contributed by atoms with van der Waals surface area (Å²) < 4.78 is 0. The fraction of sp³-hybridized carbons (Fsp3) is 0.710. The van der Waals surface area contributed by atoms with E-state index in [0.717, 1.165) is 12.8 Å². The van der Waals surface area contributed by atoms with E-state index in [0.29, 0.717) is 12.5 Å². The van der Waals surface area contributed by atoms with Crippen molar-refractivity contribution in [2.24, 2.45) is 17.2 Å². The summed E-state index contributed by atoms with van der Waals surface area (Å²) in [7, 11) is 0. The zero-order valence-electron chi connectivity index (χ0n) is 24.2. The van der Waals surface area contributed by atoms with Crippen LogP contribution in [-0.4, -0.2) is 23.6 Å². The summed E-state index contributed by atoms with van der Waals surface area (Å²) in [6.07, 6.45) is 10.8. The highest BCUT2D eigenvalue weighted by molar-refractivity contribution is 7.10. The molecule has 0 bridgehead atoms. The zero-order valence-corrected chi connectivity index (χ0v) is 25.0. The van der Waals surface area contributed by atoms with Crippen LogP contribution in [0.3, 0.4) is 0 Å². The second-order valence-electron chi connectivity index (χ2n) is 12.1. The van der Waals surface area contributed by atoms with Crippen molar-refractivity contribution in [3.8, 4) is 11.3 Å². The van der Waals surface area contributed by atoms with Crippen LogP contribution >= 0.6 is 11.3 Å². The number of thiazole rings is 1. The van der Waals surface area contributed by atoms with Crippen LogP contribution in [0.2, 0.25) is 0 Å². The highest BCUT2D eigenvalue weighted by atomic mass is 32.1. The molecule has 0 fully saturated rings. The molecule has 0 radical (unpaired) electrons. The molecular formula is C31H54N4S. The zero-order chi connectivity index (χ0) is 26.9. The molecule has 3 rings (SSSR count). The van der Waals surface area contributed by atoms with E-state index in [-0.39, 0.29) is 22.9 Å². The molecule has 0 saturated carbocycles. The van der Waals surface area contributed by atoms with Gasteiger partial charge >= 0.3 is 0 Å². The lowest BCUT2D eigenvalue weighted by atomic mass is 9.63. The Morgan fingerprint density at radius 1 is 0.861 bits per heavy atom. The lowest BCUT2D eigenvalue weighted by molar-refractivity contribution is 0.332. The lowest BCUT2D eigenvalue weighted by Crippen LogP contribution is -2.46. The fourth-order valence-corrected chi connectivity index (χ4v) is 6.27. The van der Waals surface area contributed by atoms with Crippen molar-refractivity contribution in [1.29, 1.82) is 0 Å². The van der Waals surface area contributed by atoms with Gasteiger partial charge in [0.2, 0.25) is 0 Å². The molecule has 2 atom stereocenters. The van der Waals surface area contributed by atoms with Crippen molar-refractivity contribution >= 4 is 11.3 Å². The Kier molecular flexibility index (Phi) is 12.1. The average Bonchev–Trinajstić information content (AvgIpc) is 3.35. The number of fused-ring (bicyclic) bond motifs is 1. The van der Waals surface area contributed by atoms with E-state index in [1.807, 2.05) is 11.3 Å². The van der Waals surface area contributed by atoms with Crippen LogP contribution < -0.4 is 17.2 Å². The van der Waals surface area contributed by atoms with Crippen LogP contribution in [0.5, 0.6) is 0 Å². The van der Waals surface area contributed by atoms with Gasteiger partial charge in [-0.25, -0.2) is 4.98 Å². The van der Waals surface area contributed by atoms with E-state index in [4.69, 9.17) is 22.2 Å². The fourth-order valence-electron chi connectivity index (χ4n) is 5.27. The maximum atomic E-state index is 5.71. The lowest BCUT2D eigenvalue weighted by Gasteiger charge is -2.42. The summed E-state index contributed by atoms with van der Waals surface area (Å²) in [6, 6.07) is 7.18. The van der Waals surface area contributed by atoms with Gasteiger partial charge in [-0.05, 0) is 60.1 Å². The molecule has 0 aliphatic heterocycles.